The van der Waals surface area contributed by atoms with E-state index in [4.69, 9.17) is 16.3 Å². The van der Waals surface area contributed by atoms with Crippen LogP contribution in [0, 0.1) is 5.92 Å². The van der Waals surface area contributed by atoms with E-state index in [0.29, 0.717) is 10.9 Å². The molecule has 8 nitrogen and oxygen atoms in total. The van der Waals surface area contributed by atoms with Gasteiger partial charge in [0.2, 0.25) is 0 Å². The lowest BCUT2D eigenvalue weighted by Gasteiger charge is -2.46. The van der Waals surface area contributed by atoms with Crippen molar-refractivity contribution in [3.63, 3.8) is 0 Å². The van der Waals surface area contributed by atoms with Gasteiger partial charge in [-0.25, -0.2) is 4.79 Å². The molecule has 3 aliphatic rings. The molecule has 5 rings (SSSR count). The molecule has 3 amide bonds. The van der Waals surface area contributed by atoms with Crippen LogP contribution in [-0.4, -0.2) is 72.4 Å². The summed E-state index contributed by atoms with van der Waals surface area (Å²) in [7, 11) is 3.41. The fraction of sp³-hybridized carbons (Fsp3) is 0.417. The lowest BCUT2D eigenvalue weighted by molar-refractivity contribution is -0.139. The van der Waals surface area contributed by atoms with Crippen LogP contribution in [0.2, 0.25) is 5.02 Å². The minimum absolute atomic E-state index is 0.173. The number of likely N-dealkylation sites (N-methyl/N-ethyl adjacent to an activating group) is 1. The number of hydrogen-bond donors (Lipinski definition) is 1. The molecule has 2 aromatic rings. The summed E-state index contributed by atoms with van der Waals surface area (Å²) >= 11 is 6.00. The molecule has 33 heavy (non-hydrogen) atoms. The lowest BCUT2D eigenvalue weighted by Crippen LogP contribution is -2.66. The normalized spacial score (nSPS) is 27.6. The Morgan fingerprint density at radius 2 is 1.88 bits per heavy atom. The molecule has 0 radical (unpaired) electrons. The zero-order valence-corrected chi connectivity index (χ0v) is 19.7. The van der Waals surface area contributed by atoms with Crippen LogP contribution in [0.3, 0.4) is 0 Å². The summed E-state index contributed by atoms with van der Waals surface area (Å²) in [5, 5.41) is 4.18. The van der Waals surface area contributed by atoms with E-state index < -0.39 is 12.2 Å². The van der Waals surface area contributed by atoms with Crippen LogP contribution >= 0.6 is 11.6 Å². The predicted octanol–water partition coefficient (Wildman–Crippen LogP) is 2.78. The minimum Gasteiger partial charge on any atom is -0.497 e. The highest BCUT2D eigenvalue weighted by Crippen LogP contribution is 2.35. The van der Waals surface area contributed by atoms with Crippen molar-refractivity contribution in [2.75, 3.05) is 32.1 Å². The number of nitrogens with one attached hydrogen (secondary N) is 1. The Labute approximate surface area is 198 Å². The Kier molecular flexibility index (Phi) is 5.68. The number of fused-ring (bicyclic) bond motifs is 3. The number of nitrogens with zero attached hydrogens (tertiary/aromatic N) is 4. The second kappa shape index (κ2) is 8.52. The number of ether oxygens (including phenoxy) is 1. The molecular weight excluding hydrogens is 442 g/mol. The lowest BCUT2D eigenvalue weighted by atomic mass is 10.0. The predicted molar refractivity (Wildman–Crippen MR) is 126 cm³/mol. The highest BCUT2D eigenvalue weighted by Gasteiger charge is 2.56. The third-order valence-electron chi connectivity index (χ3n) is 6.72. The number of imide groups is 1. The van der Waals surface area contributed by atoms with Crippen molar-refractivity contribution in [2.45, 2.75) is 32.0 Å². The van der Waals surface area contributed by atoms with Gasteiger partial charge < -0.3 is 14.5 Å². The highest BCUT2D eigenvalue weighted by atomic mass is 35.5. The average molecular weight is 470 g/mol. The summed E-state index contributed by atoms with van der Waals surface area (Å²) in [4.78, 5) is 34.3. The number of halogens is 1. The van der Waals surface area contributed by atoms with E-state index in [1.807, 2.05) is 36.4 Å². The number of carbonyl (C=O) groups excluding carboxylic acids is 2. The van der Waals surface area contributed by atoms with Crippen molar-refractivity contribution in [1.82, 2.24) is 20.0 Å². The zero-order chi connectivity index (χ0) is 23.3. The smallest absolute Gasteiger partial charge is 0.328 e. The monoisotopic (exact) mass is 469 g/mol. The van der Waals surface area contributed by atoms with Crippen LogP contribution in [0.4, 0.5) is 10.5 Å². The maximum absolute atomic E-state index is 13.7. The Hall–Kier alpha value is -2.81. The molecule has 4 atom stereocenters. The van der Waals surface area contributed by atoms with Crippen molar-refractivity contribution in [3.05, 3.63) is 59.1 Å². The number of urea groups is 1. The molecule has 0 aromatic heterocycles. The first kappa shape index (κ1) is 22.0. The molecule has 0 saturated carbocycles. The van der Waals surface area contributed by atoms with E-state index in [0.717, 1.165) is 30.1 Å². The second-order valence-corrected chi connectivity index (χ2v) is 9.47. The van der Waals surface area contributed by atoms with Crippen molar-refractivity contribution in [1.29, 1.82) is 0 Å². The van der Waals surface area contributed by atoms with Gasteiger partial charge in [0.1, 0.15) is 24.2 Å². The molecule has 3 saturated heterocycles. The molecule has 4 unspecified atom stereocenters. The van der Waals surface area contributed by atoms with E-state index in [-0.39, 0.29) is 24.8 Å². The first-order valence-corrected chi connectivity index (χ1v) is 11.5. The molecule has 174 valence electrons. The SMILES string of the molecule is COc1cccc(N2CC(C)CN3C4C(=O)N(Cc5ccc(Cl)cc5)C(=O)N(C)C4NC23)c1. The fourth-order valence-electron chi connectivity index (χ4n) is 5.13. The number of anilines is 1. The standard InChI is InChI=1S/C24H28ClN5O3/c1-15-12-28(18-5-4-6-19(11-18)33-3)23-26-21-20(29(23)13-15)22(31)30(24(32)27(21)2)14-16-7-9-17(25)10-8-16/h4-11,15,20-21,23,26H,12-14H2,1-3H3. The molecule has 0 bridgehead atoms. The van der Waals surface area contributed by atoms with Crippen LogP contribution in [0.1, 0.15) is 12.5 Å². The average Bonchev–Trinajstić information content (AvgIpc) is 3.20. The van der Waals surface area contributed by atoms with Gasteiger partial charge in [-0.3, -0.25) is 19.9 Å². The number of methoxy groups -OCH3 is 1. The van der Waals surface area contributed by atoms with Gasteiger partial charge in [0.25, 0.3) is 5.91 Å². The number of amides is 3. The van der Waals surface area contributed by atoms with Crippen molar-refractivity contribution >= 4 is 29.2 Å². The largest absolute Gasteiger partial charge is 0.497 e. The maximum Gasteiger partial charge on any atom is 0.328 e. The molecule has 3 heterocycles. The minimum atomic E-state index is -0.458. The second-order valence-electron chi connectivity index (χ2n) is 9.03. The quantitative estimate of drug-likeness (QED) is 0.742. The van der Waals surface area contributed by atoms with Gasteiger partial charge in [-0.2, -0.15) is 0 Å². The summed E-state index contributed by atoms with van der Waals surface area (Å²) in [5.74, 6) is 0.950. The fourth-order valence-corrected chi connectivity index (χ4v) is 5.25. The maximum atomic E-state index is 13.7. The van der Waals surface area contributed by atoms with Crippen molar-refractivity contribution < 1.29 is 14.3 Å². The zero-order valence-electron chi connectivity index (χ0n) is 18.9. The molecule has 0 aliphatic carbocycles. The Bertz CT molecular complexity index is 1060. The van der Waals surface area contributed by atoms with Crippen molar-refractivity contribution in [3.8, 4) is 5.75 Å². The van der Waals surface area contributed by atoms with Crippen LogP contribution in [-0.2, 0) is 11.3 Å². The number of benzene rings is 2. The van der Waals surface area contributed by atoms with Gasteiger partial charge in [0.05, 0.1) is 13.7 Å². The van der Waals surface area contributed by atoms with E-state index in [1.54, 1.807) is 31.2 Å². The van der Waals surface area contributed by atoms with Crippen LogP contribution in [0.25, 0.3) is 0 Å². The van der Waals surface area contributed by atoms with E-state index >= 15 is 0 Å². The number of carbonyl (C=O) groups is 2. The third kappa shape index (κ3) is 3.82. The summed E-state index contributed by atoms with van der Waals surface area (Å²) in [6.45, 7) is 4.00. The molecular formula is C24H28ClN5O3. The van der Waals surface area contributed by atoms with E-state index in [2.05, 4.69) is 22.0 Å². The van der Waals surface area contributed by atoms with Gasteiger partial charge >= 0.3 is 6.03 Å². The molecule has 3 aliphatic heterocycles. The highest BCUT2D eigenvalue weighted by molar-refractivity contribution is 6.30. The van der Waals surface area contributed by atoms with Crippen LogP contribution in [0.5, 0.6) is 5.75 Å². The first-order chi connectivity index (χ1) is 15.9. The Morgan fingerprint density at radius 1 is 1.12 bits per heavy atom. The molecule has 0 spiro atoms. The summed E-state index contributed by atoms with van der Waals surface area (Å²) in [5.41, 5.74) is 1.88. The molecule has 2 aromatic carbocycles. The molecule has 9 heteroatoms. The van der Waals surface area contributed by atoms with Gasteiger partial charge in [-0.15, -0.1) is 0 Å². The van der Waals surface area contributed by atoms with Gasteiger partial charge in [0.15, 0.2) is 0 Å². The van der Waals surface area contributed by atoms with Crippen molar-refractivity contribution in [2.24, 2.45) is 5.92 Å². The van der Waals surface area contributed by atoms with Gasteiger partial charge in [-0.1, -0.05) is 36.7 Å². The summed E-state index contributed by atoms with van der Waals surface area (Å²) < 4.78 is 5.42. The van der Waals surface area contributed by atoms with Crippen LogP contribution < -0.4 is 15.0 Å². The molecule has 1 N–H and O–H groups in total. The molecule has 3 fully saturated rings. The summed E-state index contributed by atoms with van der Waals surface area (Å²) in [6.07, 6.45) is -0.590. The topological polar surface area (TPSA) is 68.4 Å². The Balaban J connectivity index is 1.45. The van der Waals surface area contributed by atoms with E-state index in [9.17, 15) is 9.59 Å². The first-order valence-electron chi connectivity index (χ1n) is 11.1. The van der Waals surface area contributed by atoms with E-state index in [1.165, 1.54) is 4.90 Å². The summed E-state index contributed by atoms with van der Waals surface area (Å²) in [6, 6.07) is 14.4. The third-order valence-corrected chi connectivity index (χ3v) is 6.98. The van der Waals surface area contributed by atoms with Gasteiger partial charge in [0, 0.05) is 36.9 Å². The van der Waals surface area contributed by atoms with Crippen LogP contribution in [0.15, 0.2) is 48.5 Å². The number of rotatable bonds is 4. The van der Waals surface area contributed by atoms with Gasteiger partial charge in [-0.05, 0) is 35.7 Å². The Morgan fingerprint density at radius 3 is 2.61 bits per heavy atom. The number of hydrogen-bond acceptors (Lipinski definition) is 6.